The standard InChI is InChI=1S/C31H29NO8/c1-15(2)11-19(18-12-16-7-10-25(34)40-22(16)14-23(18)37-4)26-24(38-5)13-20(33)27-29(26)32-28-17(30(27)35)8-9-21(36-3)31(28)39-6/h7-14,19,33H,1-6H3,(H,32,35)/t19-/m1/s1. The third-order valence-electron chi connectivity index (χ3n) is 6.91. The minimum atomic E-state index is -0.515. The summed E-state index contributed by atoms with van der Waals surface area (Å²) in [4.78, 5) is 29.1. The van der Waals surface area contributed by atoms with E-state index in [9.17, 15) is 14.7 Å². The predicted molar refractivity (Wildman–Crippen MR) is 154 cm³/mol. The van der Waals surface area contributed by atoms with Gasteiger partial charge in [-0.25, -0.2) is 4.79 Å². The molecule has 9 heteroatoms. The van der Waals surface area contributed by atoms with Crippen molar-refractivity contribution in [2.24, 2.45) is 0 Å². The molecule has 0 radical (unpaired) electrons. The molecule has 0 saturated heterocycles. The molecule has 2 N–H and O–H groups in total. The number of aromatic nitrogens is 1. The molecule has 0 spiro atoms. The molecule has 0 aliphatic rings. The summed E-state index contributed by atoms with van der Waals surface area (Å²) in [5.74, 6) is 0.874. The first-order valence-corrected chi connectivity index (χ1v) is 12.5. The molecule has 5 rings (SSSR count). The Morgan fingerprint density at radius 3 is 2.25 bits per heavy atom. The number of H-pyrrole nitrogens is 1. The maximum absolute atomic E-state index is 13.8. The molecule has 2 aromatic heterocycles. The van der Waals surface area contributed by atoms with Gasteiger partial charge in [-0.05, 0) is 38.1 Å². The molecule has 40 heavy (non-hydrogen) atoms. The van der Waals surface area contributed by atoms with Gasteiger partial charge < -0.3 is 33.5 Å². The zero-order valence-corrected chi connectivity index (χ0v) is 23.0. The number of fused-ring (bicyclic) bond motifs is 3. The lowest BCUT2D eigenvalue weighted by molar-refractivity contribution is 0.358. The van der Waals surface area contributed by atoms with Crippen molar-refractivity contribution >= 4 is 32.8 Å². The average molecular weight is 544 g/mol. The second-order valence-corrected chi connectivity index (χ2v) is 9.55. The van der Waals surface area contributed by atoms with Gasteiger partial charge in [0.05, 0.1) is 50.2 Å². The van der Waals surface area contributed by atoms with Crippen molar-refractivity contribution < 1.29 is 28.5 Å². The van der Waals surface area contributed by atoms with Crippen LogP contribution in [0.5, 0.6) is 28.7 Å². The number of aromatic hydroxyl groups is 1. The van der Waals surface area contributed by atoms with E-state index >= 15 is 0 Å². The van der Waals surface area contributed by atoms with Gasteiger partial charge in [-0.1, -0.05) is 11.6 Å². The summed E-state index contributed by atoms with van der Waals surface area (Å²) >= 11 is 0. The van der Waals surface area contributed by atoms with Gasteiger partial charge in [0.1, 0.15) is 22.8 Å². The number of ether oxygens (including phenoxy) is 4. The maximum Gasteiger partial charge on any atom is 0.336 e. The van der Waals surface area contributed by atoms with Gasteiger partial charge in [0.25, 0.3) is 0 Å². The molecule has 9 nitrogen and oxygen atoms in total. The van der Waals surface area contributed by atoms with Crippen LogP contribution in [0.4, 0.5) is 0 Å². The van der Waals surface area contributed by atoms with Gasteiger partial charge in [0.15, 0.2) is 11.5 Å². The van der Waals surface area contributed by atoms with Gasteiger partial charge in [0, 0.05) is 40.6 Å². The molecule has 0 saturated carbocycles. The van der Waals surface area contributed by atoms with Gasteiger partial charge in [0.2, 0.25) is 5.43 Å². The Balaban J connectivity index is 1.97. The van der Waals surface area contributed by atoms with Crippen molar-refractivity contribution in [1.82, 2.24) is 4.98 Å². The minimum absolute atomic E-state index is 0.105. The third kappa shape index (κ3) is 4.29. The van der Waals surface area contributed by atoms with Crippen LogP contribution in [-0.2, 0) is 0 Å². The highest BCUT2D eigenvalue weighted by atomic mass is 16.5. The number of pyridine rings is 1. The number of methoxy groups -OCH3 is 4. The smallest absolute Gasteiger partial charge is 0.336 e. The number of allylic oxidation sites excluding steroid dienone is 2. The number of hydrogen-bond acceptors (Lipinski definition) is 8. The zero-order valence-electron chi connectivity index (χ0n) is 23.0. The van der Waals surface area contributed by atoms with Crippen molar-refractivity contribution in [3.8, 4) is 28.7 Å². The van der Waals surface area contributed by atoms with Crippen LogP contribution in [-0.4, -0.2) is 38.5 Å². The van der Waals surface area contributed by atoms with E-state index in [-0.39, 0.29) is 16.6 Å². The van der Waals surface area contributed by atoms with Crippen LogP contribution < -0.4 is 30.0 Å². The second kappa shape index (κ2) is 10.3. The van der Waals surface area contributed by atoms with Crippen molar-refractivity contribution in [1.29, 1.82) is 0 Å². The van der Waals surface area contributed by atoms with Gasteiger partial charge in [-0.3, -0.25) is 4.79 Å². The summed E-state index contributed by atoms with van der Waals surface area (Å²) in [5.41, 5.74) is 2.61. The Labute approximate surface area is 229 Å². The number of aromatic amines is 1. The lowest BCUT2D eigenvalue weighted by atomic mass is 9.85. The fraction of sp³-hybridized carbons (Fsp3) is 0.226. The monoisotopic (exact) mass is 543 g/mol. The largest absolute Gasteiger partial charge is 0.507 e. The van der Waals surface area contributed by atoms with Crippen molar-refractivity contribution in [3.63, 3.8) is 0 Å². The minimum Gasteiger partial charge on any atom is -0.507 e. The van der Waals surface area contributed by atoms with E-state index in [0.29, 0.717) is 56.0 Å². The highest BCUT2D eigenvalue weighted by Crippen LogP contribution is 2.45. The van der Waals surface area contributed by atoms with Crippen LogP contribution >= 0.6 is 0 Å². The first kappa shape index (κ1) is 26.7. The van der Waals surface area contributed by atoms with E-state index in [2.05, 4.69) is 4.98 Å². The quantitative estimate of drug-likeness (QED) is 0.154. The Morgan fingerprint density at radius 2 is 1.60 bits per heavy atom. The summed E-state index contributed by atoms with van der Waals surface area (Å²) < 4.78 is 28.0. The van der Waals surface area contributed by atoms with Crippen LogP contribution in [0.25, 0.3) is 32.8 Å². The van der Waals surface area contributed by atoms with Gasteiger partial charge in [-0.2, -0.15) is 0 Å². The van der Waals surface area contributed by atoms with E-state index < -0.39 is 11.5 Å². The summed E-state index contributed by atoms with van der Waals surface area (Å²) in [5, 5.41) is 12.2. The van der Waals surface area contributed by atoms with Crippen LogP contribution in [0.3, 0.4) is 0 Å². The zero-order chi connectivity index (χ0) is 28.7. The Bertz CT molecular complexity index is 1930. The molecule has 0 unspecified atom stereocenters. The summed E-state index contributed by atoms with van der Waals surface area (Å²) in [6.07, 6.45) is 2.02. The fourth-order valence-corrected chi connectivity index (χ4v) is 5.19. The topological polar surface area (TPSA) is 120 Å². The van der Waals surface area contributed by atoms with E-state index in [1.807, 2.05) is 26.0 Å². The number of hydrogen-bond donors (Lipinski definition) is 2. The molecule has 0 fully saturated rings. The van der Waals surface area contributed by atoms with Crippen LogP contribution in [0.2, 0.25) is 0 Å². The number of benzene rings is 3. The average Bonchev–Trinajstić information content (AvgIpc) is 2.94. The number of phenols is 1. The molecular weight excluding hydrogens is 514 g/mol. The summed E-state index contributed by atoms with van der Waals surface area (Å²) in [6, 6.07) is 11.3. The second-order valence-electron chi connectivity index (χ2n) is 9.55. The molecular formula is C31H29NO8. The van der Waals surface area contributed by atoms with Crippen molar-refractivity contribution in [3.05, 3.63) is 85.9 Å². The first-order chi connectivity index (χ1) is 19.2. The van der Waals surface area contributed by atoms with Gasteiger partial charge >= 0.3 is 5.63 Å². The van der Waals surface area contributed by atoms with E-state index in [1.165, 1.54) is 40.6 Å². The molecule has 0 aliphatic heterocycles. The molecule has 0 aliphatic carbocycles. The highest BCUT2D eigenvalue weighted by Gasteiger charge is 2.28. The Kier molecular flexibility index (Phi) is 6.89. The van der Waals surface area contributed by atoms with Crippen molar-refractivity contribution in [2.45, 2.75) is 19.8 Å². The van der Waals surface area contributed by atoms with Gasteiger partial charge in [-0.15, -0.1) is 0 Å². The highest BCUT2D eigenvalue weighted by molar-refractivity contribution is 6.01. The lowest BCUT2D eigenvalue weighted by Gasteiger charge is -2.23. The third-order valence-corrected chi connectivity index (χ3v) is 6.91. The SMILES string of the molecule is COc1cc2oc(=O)ccc2cc1[C@@H](C=C(C)C)c1c(OC)cc(O)c2c(=O)c3ccc(OC)c(OC)c3[nH]c12. The lowest BCUT2D eigenvalue weighted by Crippen LogP contribution is -2.11. The molecule has 5 aromatic rings. The van der Waals surface area contributed by atoms with E-state index in [0.717, 1.165) is 11.1 Å². The van der Waals surface area contributed by atoms with E-state index in [4.69, 9.17) is 23.4 Å². The summed E-state index contributed by atoms with van der Waals surface area (Å²) in [7, 11) is 6.04. The molecule has 0 amide bonds. The first-order valence-electron chi connectivity index (χ1n) is 12.5. The van der Waals surface area contributed by atoms with E-state index in [1.54, 1.807) is 24.3 Å². The number of phenolic OH excluding ortho intramolecular Hbond substituents is 1. The molecule has 2 heterocycles. The predicted octanol–water partition coefficient (Wildman–Crippen LogP) is 5.63. The van der Waals surface area contributed by atoms with Crippen LogP contribution in [0, 0.1) is 0 Å². The molecule has 3 aromatic carbocycles. The molecule has 0 bridgehead atoms. The van der Waals surface area contributed by atoms with Crippen molar-refractivity contribution in [2.75, 3.05) is 28.4 Å². The molecule has 206 valence electrons. The summed E-state index contributed by atoms with van der Waals surface area (Å²) in [6.45, 7) is 3.92. The number of nitrogens with one attached hydrogen (secondary N) is 1. The van der Waals surface area contributed by atoms with Crippen LogP contribution in [0.15, 0.2) is 68.1 Å². The Hall–Kier alpha value is -4.92. The fourth-order valence-electron chi connectivity index (χ4n) is 5.19. The molecule has 1 atom stereocenters. The van der Waals surface area contributed by atoms with Crippen LogP contribution in [0.1, 0.15) is 30.9 Å². The normalized spacial score (nSPS) is 11.9. The number of rotatable bonds is 7. The maximum atomic E-state index is 13.8. The Morgan fingerprint density at radius 1 is 0.875 bits per heavy atom.